The van der Waals surface area contributed by atoms with Crippen LogP contribution >= 0.6 is 0 Å². The number of hydrogen-bond acceptors (Lipinski definition) is 1. The molecule has 3 aromatic rings. The van der Waals surface area contributed by atoms with Crippen molar-refractivity contribution in [3.63, 3.8) is 0 Å². The van der Waals surface area contributed by atoms with Gasteiger partial charge in [0.25, 0.3) is 0 Å². The minimum absolute atomic E-state index is 0.338. The van der Waals surface area contributed by atoms with E-state index < -0.39 is 0 Å². The van der Waals surface area contributed by atoms with E-state index in [0.717, 1.165) is 12.2 Å². The molecule has 0 saturated carbocycles. The van der Waals surface area contributed by atoms with E-state index in [9.17, 15) is 9.18 Å². The summed E-state index contributed by atoms with van der Waals surface area (Å²) in [6.07, 6.45) is 2.01. The molecular formula is C22H24FN3O. The summed E-state index contributed by atoms with van der Waals surface area (Å²) in [5.41, 5.74) is 5.71. The summed E-state index contributed by atoms with van der Waals surface area (Å²) in [6, 6.07) is 14.6. The molecule has 2 amide bonds. The van der Waals surface area contributed by atoms with E-state index in [4.69, 9.17) is 0 Å². The van der Waals surface area contributed by atoms with Crippen LogP contribution in [0.5, 0.6) is 0 Å². The third kappa shape index (κ3) is 4.76. The van der Waals surface area contributed by atoms with Gasteiger partial charge in [-0.05, 0) is 61.7 Å². The van der Waals surface area contributed by atoms with Gasteiger partial charge >= 0.3 is 6.03 Å². The van der Waals surface area contributed by atoms with Gasteiger partial charge in [0.2, 0.25) is 0 Å². The highest BCUT2D eigenvalue weighted by Crippen LogP contribution is 2.15. The highest BCUT2D eigenvalue weighted by Gasteiger charge is 2.08. The van der Waals surface area contributed by atoms with Gasteiger partial charge in [-0.2, -0.15) is 0 Å². The molecule has 5 heteroatoms. The fourth-order valence-corrected chi connectivity index (χ4v) is 2.94. The predicted molar refractivity (Wildman–Crippen MR) is 106 cm³/mol. The van der Waals surface area contributed by atoms with Crippen molar-refractivity contribution in [1.82, 2.24) is 9.88 Å². The first kappa shape index (κ1) is 18.7. The van der Waals surface area contributed by atoms with Gasteiger partial charge in [-0.15, -0.1) is 0 Å². The first-order valence-corrected chi connectivity index (χ1v) is 8.93. The molecule has 0 spiro atoms. The van der Waals surface area contributed by atoms with Gasteiger partial charge in [0.15, 0.2) is 0 Å². The van der Waals surface area contributed by atoms with Gasteiger partial charge in [-0.25, -0.2) is 9.18 Å². The number of aryl methyl sites for hydroxylation is 3. The van der Waals surface area contributed by atoms with Gasteiger partial charge < -0.3 is 15.2 Å². The second kappa shape index (κ2) is 8.08. The summed E-state index contributed by atoms with van der Waals surface area (Å²) in [5, 5.41) is 5.49. The number of benzene rings is 2. The lowest BCUT2D eigenvalue weighted by molar-refractivity contribution is 0.251. The number of halogens is 1. The van der Waals surface area contributed by atoms with Crippen LogP contribution in [0.25, 0.3) is 0 Å². The van der Waals surface area contributed by atoms with E-state index >= 15 is 0 Å². The molecule has 0 unspecified atom stereocenters. The number of nitrogens with one attached hydrogen (secondary N) is 2. The van der Waals surface area contributed by atoms with Crippen LogP contribution in [0.1, 0.15) is 27.9 Å². The molecule has 0 aliphatic heterocycles. The lowest BCUT2D eigenvalue weighted by Crippen LogP contribution is -2.29. The van der Waals surface area contributed by atoms with Crippen LogP contribution in [0.4, 0.5) is 14.9 Å². The number of carbonyl (C=O) groups is 1. The maximum Gasteiger partial charge on any atom is 0.319 e. The second-order valence-corrected chi connectivity index (χ2v) is 6.83. The van der Waals surface area contributed by atoms with Gasteiger partial charge in [-0.3, -0.25) is 0 Å². The van der Waals surface area contributed by atoms with Crippen LogP contribution in [0.15, 0.2) is 54.7 Å². The lowest BCUT2D eigenvalue weighted by Gasteiger charge is -2.13. The molecule has 140 valence electrons. The van der Waals surface area contributed by atoms with Crippen LogP contribution in [0.3, 0.4) is 0 Å². The molecule has 0 radical (unpaired) electrons. The van der Waals surface area contributed by atoms with Crippen molar-refractivity contribution in [3.8, 4) is 0 Å². The average Bonchev–Trinajstić information content (AvgIpc) is 3.07. The smallest absolute Gasteiger partial charge is 0.319 e. The summed E-state index contributed by atoms with van der Waals surface area (Å²) in [7, 11) is 0. The van der Waals surface area contributed by atoms with Crippen LogP contribution in [0.2, 0.25) is 0 Å². The van der Waals surface area contributed by atoms with Crippen LogP contribution in [-0.4, -0.2) is 10.6 Å². The predicted octanol–water partition coefficient (Wildman–Crippen LogP) is 4.92. The fourth-order valence-electron chi connectivity index (χ4n) is 2.94. The van der Waals surface area contributed by atoms with E-state index in [1.807, 2.05) is 18.3 Å². The van der Waals surface area contributed by atoms with E-state index in [1.54, 1.807) is 19.1 Å². The van der Waals surface area contributed by atoms with Crippen molar-refractivity contribution >= 4 is 11.7 Å². The Morgan fingerprint density at radius 1 is 1.04 bits per heavy atom. The number of aromatic nitrogens is 1. The summed E-state index contributed by atoms with van der Waals surface area (Å²) in [4.78, 5) is 12.1. The number of anilines is 1. The molecule has 1 heterocycles. The summed E-state index contributed by atoms with van der Waals surface area (Å²) >= 11 is 0. The Morgan fingerprint density at radius 2 is 1.81 bits per heavy atom. The van der Waals surface area contributed by atoms with E-state index in [1.165, 1.54) is 22.8 Å². The molecule has 0 fully saturated rings. The van der Waals surface area contributed by atoms with Crippen molar-refractivity contribution in [1.29, 1.82) is 0 Å². The van der Waals surface area contributed by atoms with Crippen molar-refractivity contribution in [2.45, 2.75) is 33.9 Å². The van der Waals surface area contributed by atoms with Crippen molar-refractivity contribution in [3.05, 3.63) is 88.5 Å². The molecule has 0 aliphatic rings. The minimum atomic E-state index is -0.363. The van der Waals surface area contributed by atoms with Gasteiger partial charge in [0, 0.05) is 24.1 Å². The van der Waals surface area contributed by atoms with Gasteiger partial charge in [-0.1, -0.05) is 29.8 Å². The second-order valence-electron chi connectivity index (χ2n) is 6.83. The zero-order valence-corrected chi connectivity index (χ0v) is 15.8. The van der Waals surface area contributed by atoms with E-state index in [0.29, 0.717) is 17.8 Å². The molecule has 0 bridgehead atoms. The number of hydrogen-bond donors (Lipinski definition) is 2. The summed E-state index contributed by atoms with van der Waals surface area (Å²) in [5.74, 6) is -0.338. The minimum Gasteiger partial charge on any atom is -0.345 e. The number of rotatable bonds is 5. The highest BCUT2D eigenvalue weighted by atomic mass is 19.1. The van der Waals surface area contributed by atoms with Gasteiger partial charge in [0.1, 0.15) is 5.82 Å². The molecular weight excluding hydrogens is 341 g/mol. The van der Waals surface area contributed by atoms with Crippen molar-refractivity contribution < 1.29 is 9.18 Å². The first-order chi connectivity index (χ1) is 12.9. The first-order valence-electron chi connectivity index (χ1n) is 8.93. The molecule has 2 aromatic carbocycles. The van der Waals surface area contributed by atoms with Crippen LogP contribution < -0.4 is 10.6 Å². The molecule has 4 nitrogen and oxygen atoms in total. The number of urea groups is 1. The Kier molecular flexibility index (Phi) is 5.60. The molecule has 1 aromatic heterocycles. The Hall–Kier alpha value is -3.08. The number of amides is 2. The molecule has 3 rings (SSSR count). The van der Waals surface area contributed by atoms with Crippen LogP contribution in [-0.2, 0) is 13.1 Å². The third-order valence-electron chi connectivity index (χ3n) is 4.63. The monoisotopic (exact) mass is 365 g/mol. The highest BCUT2D eigenvalue weighted by molar-refractivity contribution is 5.89. The number of carbonyl (C=O) groups excluding carboxylic acids is 1. The van der Waals surface area contributed by atoms with Crippen molar-refractivity contribution in [2.24, 2.45) is 0 Å². The van der Waals surface area contributed by atoms with E-state index in [-0.39, 0.29) is 11.8 Å². The van der Waals surface area contributed by atoms with Gasteiger partial charge in [0.05, 0.1) is 6.54 Å². The zero-order valence-electron chi connectivity index (χ0n) is 15.8. The normalized spacial score (nSPS) is 10.7. The Morgan fingerprint density at radius 3 is 2.59 bits per heavy atom. The lowest BCUT2D eigenvalue weighted by atomic mass is 10.1. The van der Waals surface area contributed by atoms with E-state index in [2.05, 4.69) is 47.2 Å². The quantitative estimate of drug-likeness (QED) is 0.662. The Balaban J connectivity index is 1.62. The summed E-state index contributed by atoms with van der Waals surface area (Å²) < 4.78 is 15.7. The zero-order chi connectivity index (χ0) is 19.4. The Bertz CT molecular complexity index is 962. The van der Waals surface area contributed by atoms with Crippen LogP contribution in [0, 0.1) is 26.6 Å². The summed E-state index contributed by atoms with van der Waals surface area (Å²) in [6.45, 7) is 7.01. The Labute approximate surface area is 159 Å². The molecule has 0 aliphatic carbocycles. The molecule has 0 atom stereocenters. The topological polar surface area (TPSA) is 46.1 Å². The molecule has 0 saturated heterocycles. The van der Waals surface area contributed by atoms with Crippen molar-refractivity contribution in [2.75, 3.05) is 5.32 Å². The largest absolute Gasteiger partial charge is 0.345 e. The molecule has 27 heavy (non-hydrogen) atoms. The average molecular weight is 365 g/mol. The number of nitrogens with zero attached hydrogens (tertiary/aromatic N) is 1. The fraction of sp³-hybridized carbons (Fsp3) is 0.227. The standard InChI is InChI=1S/C22H24FN3O/c1-15-6-7-16(2)18(11-15)14-26-10-4-5-20(26)13-24-22(27)25-19-9-8-17(3)21(23)12-19/h4-12H,13-14H2,1-3H3,(H2,24,25,27). The third-order valence-corrected chi connectivity index (χ3v) is 4.63. The maximum atomic E-state index is 13.6. The SMILES string of the molecule is Cc1ccc(C)c(Cn2cccc2CNC(=O)Nc2ccc(C)c(F)c2)c1. The maximum absolute atomic E-state index is 13.6. The molecule has 2 N–H and O–H groups in total.